The highest BCUT2D eigenvalue weighted by Gasteiger charge is 2.22. The normalized spacial score (nSPS) is 9.95. The van der Waals surface area contributed by atoms with Gasteiger partial charge in [0.1, 0.15) is 11.3 Å². The lowest BCUT2D eigenvalue weighted by Crippen LogP contribution is -2.35. The van der Waals surface area contributed by atoms with Crippen molar-refractivity contribution in [3.05, 3.63) is 33.1 Å². The highest BCUT2D eigenvalue weighted by atomic mass is 35.5. The highest BCUT2D eigenvalue weighted by Crippen LogP contribution is 2.20. The van der Waals surface area contributed by atoms with Crippen molar-refractivity contribution in [2.75, 3.05) is 26.8 Å². The van der Waals surface area contributed by atoms with Gasteiger partial charge < -0.3 is 9.64 Å². The summed E-state index contributed by atoms with van der Waals surface area (Å²) in [5.41, 5.74) is -0.394. The van der Waals surface area contributed by atoms with Crippen LogP contribution in [0, 0.1) is 21.4 Å². The molecule has 0 spiro atoms. The van der Waals surface area contributed by atoms with E-state index in [1.807, 2.05) is 6.07 Å². The van der Waals surface area contributed by atoms with E-state index in [-0.39, 0.29) is 42.5 Å². The summed E-state index contributed by atoms with van der Waals surface area (Å²) in [4.78, 5) is 27.4. The number of nitro groups is 1. The molecule has 1 amide bonds. The second kappa shape index (κ2) is 8.14. The van der Waals surface area contributed by atoms with Crippen molar-refractivity contribution in [2.45, 2.75) is 6.42 Å². The van der Waals surface area contributed by atoms with E-state index in [0.29, 0.717) is 0 Å². The minimum absolute atomic E-state index is 0.0695. The molecule has 0 atom stereocenters. The fourth-order valence-corrected chi connectivity index (χ4v) is 1.74. The van der Waals surface area contributed by atoms with Crippen molar-refractivity contribution in [1.82, 2.24) is 9.88 Å². The number of methoxy groups -OCH3 is 1. The van der Waals surface area contributed by atoms with Crippen molar-refractivity contribution in [3.63, 3.8) is 0 Å². The molecule has 0 unspecified atom stereocenters. The second-order valence-corrected chi connectivity index (χ2v) is 4.34. The third-order valence-electron chi connectivity index (χ3n) is 2.61. The zero-order valence-electron chi connectivity index (χ0n) is 11.3. The molecule has 112 valence electrons. The lowest BCUT2D eigenvalue weighted by atomic mass is 10.2. The van der Waals surface area contributed by atoms with Gasteiger partial charge >= 0.3 is 0 Å². The highest BCUT2D eigenvalue weighted by molar-refractivity contribution is 6.32. The molecule has 1 aromatic rings. The van der Waals surface area contributed by atoms with Crippen LogP contribution in [0.4, 0.5) is 5.69 Å². The molecule has 21 heavy (non-hydrogen) atoms. The number of ether oxygens (including phenoxy) is 1. The molecule has 1 heterocycles. The van der Waals surface area contributed by atoms with Gasteiger partial charge in [-0.1, -0.05) is 11.6 Å². The van der Waals surface area contributed by atoms with Gasteiger partial charge in [-0.05, 0) is 0 Å². The van der Waals surface area contributed by atoms with Crippen molar-refractivity contribution in [2.24, 2.45) is 0 Å². The van der Waals surface area contributed by atoms with Crippen LogP contribution in [0.1, 0.15) is 16.8 Å². The number of hydrogen-bond donors (Lipinski definition) is 0. The average Bonchev–Trinajstić information content (AvgIpc) is 2.47. The van der Waals surface area contributed by atoms with Gasteiger partial charge in [0, 0.05) is 26.3 Å². The molecule has 0 saturated heterocycles. The van der Waals surface area contributed by atoms with Crippen molar-refractivity contribution in [3.8, 4) is 6.07 Å². The number of nitrogens with zero attached hydrogens (tertiary/aromatic N) is 4. The smallest absolute Gasteiger partial charge is 0.288 e. The first kappa shape index (κ1) is 16.8. The van der Waals surface area contributed by atoms with E-state index in [1.54, 1.807) is 0 Å². The number of rotatable bonds is 7. The van der Waals surface area contributed by atoms with Crippen LogP contribution in [0.2, 0.25) is 5.15 Å². The van der Waals surface area contributed by atoms with Gasteiger partial charge in [-0.25, -0.2) is 4.98 Å². The standard InChI is InChI=1S/C12H13ClN4O4/c1-21-6-5-16(4-2-3-14)12(18)10-7-9(17(19)20)8-15-11(10)13/h7-8H,2,4-6H2,1H3. The molecule has 0 aliphatic rings. The summed E-state index contributed by atoms with van der Waals surface area (Å²) >= 11 is 5.83. The molecule has 0 saturated carbocycles. The van der Waals surface area contributed by atoms with Gasteiger partial charge in [-0.15, -0.1) is 0 Å². The van der Waals surface area contributed by atoms with Crippen molar-refractivity contribution in [1.29, 1.82) is 5.26 Å². The monoisotopic (exact) mass is 312 g/mol. The summed E-state index contributed by atoms with van der Waals surface area (Å²) in [5, 5.41) is 19.2. The number of halogens is 1. The third-order valence-corrected chi connectivity index (χ3v) is 2.91. The maximum Gasteiger partial charge on any atom is 0.288 e. The molecular weight excluding hydrogens is 300 g/mol. The van der Waals surface area contributed by atoms with Crippen molar-refractivity contribution >= 4 is 23.2 Å². The van der Waals surface area contributed by atoms with E-state index in [4.69, 9.17) is 21.6 Å². The number of carbonyl (C=O) groups excluding carboxylic acids is 1. The van der Waals surface area contributed by atoms with E-state index >= 15 is 0 Å². The Balaban J connectivity index is 3.04. The van der Waals surface area contributed by atoms with Crippen LogP contribution in [-0.4, -0.2) is 47.5 Å². The first-order chi connectivity index (χ1) is 10.0. The molecule has 0 N–H and O–H groups in total. The molecule has 1 rings (SSSR count). The fourth-order valence-electron chi connectivity index (χ4n) is 1.56. The summed E-state index contributed by atoms with van der Waals surface area (Å²) < 4.78 is 4.90. The molecule has 0 aliphatic carbocycles. The SMILES string of the molecule is COCCN(CCC#N)C(=O)c1cc([N+](=O)[O-])cnc1Cl. The summed E-state index contributed by atoms with van der Waals surface area (Å²) in [6.45, 7) is 0.699. The summed E-state index contributed by atoms with van der Waals surface area (Å²) in [7, 11) is 1.48. The Morgan fingerprint density at radius 3 is 2.90 bits per heavy atom. The van der Waals surface area contributed by atoms with Gasteiger partial charge in [-0.2, -0.15) is 5.26 Å². The maximum atomic E-state index is 12.4. The van der Waals surface area contributed by atoms with Crippen LogP contribution >= 0.6 is 11.6 Å². The number of aromatic nitrogens is 1. The van der Waals surface area contributed by atoms with Gasteiger partial charge in [0.25, 0.3) is 11.6 Å². The Labute approximate surface area is 126 Å². The number of amides is 1. The van der Waals surface area contributed by atoms with Crippen LogP contribution < -0.4 is 0 Å². The number of hydrogen-bond acceptors (Lipinski definition) is 6. The summed E-state index contributed by atoms with van der Waals surface area (Å²) in [5.74, 6) is -0.525. The molecule has 0 bridgehead atoms. The number of carbonyl (C=O) groups is 1. The van der Waals surface area contributed by atoms with Crippen LogP contribution in [0.3, 0.4) is 0 Å². The fraction of sp³-hybridized carbons (Fsp3) is 0.417. The van der Waals surface area contributed by atoms with Gasteiger partial charge in [-0.3, -0.25) is 14.9 Å². The molecule has 0 aliphatic heterocycles. The third kappa shape index (κ3) is 4.66. The van der Waals surface area contributed by atoms with E-state index in [2.05, 4.69) is 4.98 Å². The van der Waals surface area contributed by atoms with E-state index < -0.39 is 10.8 Å². The quantitative estimate of drug-likeness (QED) is 0.430. The average molecular weight is 313 g/mol. The lowest BCUT2D eigenvalue weighted by Gasteiger charge is -2.21. The predicted molar refractivity (Wildman–Crippen MR) is 73.9 cm³/mol. The van der Waals surface area contributed by atoms with Gasteiger partial charge in [0.05, 0.1) is 29.6 Å². The van der Waals surface area contributed by atoms with Gasteiger partial charge in [0.15, 0.2) is 0 Å². The number of pyridine rings is 1. The molecule has 1 aromatic heterocycles. The van der Waals surface area contributed by atoms with Crippen LogP contribution in [0.15, 0.2) is 12.3 Å². The summed E-state index contributed by atoms with van der Waals surface area (Å²) in [6, 6.07) is 3.01. The Hall–Kier alpha value is -2.24. The van der Waals surface area contributed by atoms with E-state index in [9.17, 15) is 14.9 Å². The van der Waals surface area contributed by atoms with Crippen molar-refractivity contribution < 1.29 is 14.5 Å². The first-order valence-electron chi connectivity index (χ1n) is 5.96. The van der Waals surface area contributed by atoms with E-state index in [0.717, 1.165) is 12.3 Å². The predicted octanol–water partition coefficient (Wildman–Crippen LogP) is 1.65. The molecular formula is C12H13ClN4O4. The van der Waals surface area contributed by atoms with Crippen LogP contribution in [-0.2, 0) is 4.74 Å². The topological polar surface area (TPSA) is 109 Å². The molecule has 9 heteroatoms. The second-order valence-electron chi connectivity index (χ2n) is 3.98. The summed E-state index contributed by atoms with van der Waals surface area (Å²) in [6.07, 6.45) is 1.11. The van der Waals surface area contributed by atoms with E-state index in [1.165, 1.54) is 12.0 Å². The minimum Gasteiger partial charge on any atom is -0.383 e. The Kier molecular flexibility index (Phi) is 6.52. The minimum atomic E-state index is -0.658. The maximum absolute atomic E-state index is 12.4. The molecule has 0 fully saturated rings. The zero-order chi connectivity index (χ0) is 15.8. The number of nitriles is 1. The van der Waals surface area contributed by atoms with Crippen LogP contribution in [0.25, 0.3) is 0 Å². The van der Waals surface area contributed by atoms with Gasteiger partial charge in [0.2, 0.25) is 0 Å². The molecule has 0 aromatic carbocycles. The Bertz CT molecular complexity index is 573. The van der Waals surface area contributed by atoms with Crippen LogP contribution in [0.5, 0.6) is 0 Å². The first-order valence-corrected chi connectivity index (χ1v) is 6.34. The lowest BCUT2D eigenvalue weighted by molar-refractivity contribution is -0.385. The largest absolute Gasteiger partial charge is 0.383 e. The molecule has 8 nitrogen and oxygen atoms in total. The zero-order valence-corrected chi connectivity index (χ0v) is 12.0. The Morgan fingerprint density at radius 2 is 2.33 bits per heavy atom. The Morgan fingerprint density at radius 1 is 1.62 bits per heavy atom. The molecule has 0 radical (unpaired) electrons.